The van der Waals surface area contributed by atoms with E-state index in [-0.39, 0.29) is 6.79 Å². The van der Waals surface area contributed by atoms with Crippen molar-refractivity contribution in [3.8, 4) is 5.75 Å². The van der Waals surface area contributed by atoms with Crippen molar-refractivity contribution in [3.63, 3.8) is 0 Å². The summed E-state index contributed by atoms with van der Waals surface area (Å²) >= 11 is 3.49. The summed E-state index contributed by atoms with van der Waals surface area (Å²) in [5.41, 5.74) is 1.17. The average Bonchev–Trinajstić information content (AvgIpc) is 3.09. The van der Waals surface area contributed by atoms with Crippen molar-refractivity contribution in [2.45, 2.75) is 25.4 Å². The molecule has 3 nitrogen and oxygen atoms in total. The van der Waals surface area contributed by atoms with Crippen LogP contribution in [0, 0.1) is 0 Å². The standard InChI is InChI=1S/C12H16BrNO2/c1-15-8-16-12-9(3-2-4-11(12)13)7-14-10-5-6-10/h2-4,10,14H,5-8H2,1H3. The Labute approximate surface area is 104 Å². The summed E-state index contributed by atoms with van der Waals surface area (Å²) in [5, 5.41) is 3.48. The number of nitrogens with one attached hydrogen (secondary N) is 1. The molecule has 0 radical (unpaired) electrons. The zero-order valence-electron chi connectivity index (χ0n) is 9.33. The van der Waals surface area contributed by atoms with Crippen LogP contribution in [0.4, 0.5) is 0 Å². The quantitative estimate of drug-likeness (QED) is 0.816. The van der Waals surface area contributed by atoms with E-state index in [9.17, 15) is 0 Å². The van der Waals surface area contributed by atoms with E-state index in [1.807, 2.05) is 12.1 Å². The van der Waals surface area contributed by atoms with Gasteiger partial charge in [-0.05, 0) is 34.8 Å². The third-order valence-corrected chi connectivity index (χ3v) is 3.15. The van der Waals surface area contributed by atoms with Crippen LogP contribution < -0.4 is 10.1 Å². The van der Waals surface area contributed by atoms with Gasteiger partial charge in [-0.25, -0.2) is 0 Å². The Morgan fingerprint density at radius 3 is 2.94 bits per heavy atom. The van der Waals surface area contributed by atoms with Crippen LogP contribution in [0.15, 0.2) is 22.7 Å². The van der Waals surface area contributed by atoms with Gasteiger partial charge in [0.05, 0.1) is 4.47 Å². The van der Waals surface area contributed by atoms with Crippen LogP contribution in [0.3, 0.4) is 0 Å². The van der Waals surface area contributed by atoms with Crippen molar-refractivity contribution in [2.24, 2.45) is 0 Å². The first-order chi connectivity index (χ1) is 7.81. The van der Waals surface area contributed by atoms with E-state index in [1.54, 1.807) is 7.11 Å². The normalized spacial score (nSPS) is 15.1. The van der Waals surface area contributed by atoms with E-state index in [2.05, 4.69) is 27.3 Å². The number of hydrogen-bond donors (Lipinski definition) is 1. The average molecular weight is 286 g/mol. The van der Waals surface area contributed by atoms with E-state index < -0.39 is 0 Å². The second kappa shape index (κ2) is 5.66. The van der Waals surface area contributed by atoms with Crippen molar-refractivity contribution < 1.29 is 9.47 Å². The van der Waals surface area contributed by atoms with Crippen LogP contribution in [0.5, 0.6) is 5.75 Å². The monoisotopic (exact) mass is 285 g/mol. The molecule has 2 rings (SSSR count). The van der Waals surface area contributed by atoms with Crippen LogP contribution in [0.1, 0.15) is 18.4 Å². The molecular weight excluding hydrogens is 270 g/mol. The molecule has 0 aliphatic heterocycles. The molecule has 1 N–H and O–H groups in total. The van der Waals surface area contributed by atoms with Crippen molar-refractivity contribution in [1.82, 2.24) is 5.32 Å². The maximum Gasteiger partial charge on any atom is 0.188 e. The molecular formula is C12H16BrNO2. The minimum absolute atomic E-state index is 0.277. The van der Waals surface area contributed by atoms with Crippen LogP contribution in [0.25, 0.3) is 0 Å². The van der Waals surface area contributed by atoms with Crippen LogP contribution in [-0.4, -0.2) is 19.9 Å². The zero-order chi connectivity index (χ0) is 11.4. The molecule has 0 atom stereocenters. The molecule has 0 heterocycles. The van der Waals surface area contributed by atoms with E-state index >= 15 is 0 Å². The summed E-state index contributed by atoms with van der Waals surface area (Å²) in [7, 11) is 1.62. The van der Waals surface area contributed by atoms with Gasteiger partial charge in [-0.15, -0.1) is 0 Å². The van der Waals surface area contributed by atoms with Gasteiger partial charge in [0, 0.05) is 25.3 Å². The Balaban J connectivity index is 2.04. The fourth-order valence-corrected chi connectivity index (χ4v) is 2.04. The van der Waals surface area contributed by atoms with Gasteiger partial charge >= 0.3 is 0 Å². The van der Waals surface area contributed by atoms with Crippen molar-refractivity contribution in [1.29, 1.82) is 0 Å². The number of hydrogen-bond acceptors (Lipinski definition) is 3. The summed E-state index contributed by atoms with van der Waals surface area (Å²) in [6.45, 7) is 1.13. The van der Waals surface area contributed by atoms with E-state index in [0.717, 1.165) is 16.8 Å². The summed E-state index contributed by atoms with van der Waals surface area (Å²) in [4.78, 5) is 0. The van der Waals surface area contributed by atoms with Crippen LogP contribution >= 0.6 is 15.9 Å². The van der Waals surface area contributed by atoms with Gasteiger partial charge in [0.1, 0.15) is 5.75 Å². The topological polar surface area (TPSA) is 30.5 Å². The Morgan fingerprint density at radius 1 is 1.44 bits per heavy atom. The van der Waals surface area contributed by atoms with Gasteiger partial charge in [-0.1, -0.05) is 12.1 Å². The SMILES string of the molecule is COCOc1c(Br)cccc1CNC1CC1. The number of halogens is 1. The lowest BCUT2D eigenvalue weighted by atomic mass is 10.2. The molecule has 88 valence electrons. The number of methoxy groups -OCH3 is 1. The minimum atomic E-state index is 0.277. The highest BCUT2D eigenvalue weighted by molar-refractivity contribution is 9.10. The molecule has 1 aromatic rings. The zero-order valence-corrected chi connectivity index (χ0v) is 10.9. The van der Waals surface area contributed by atoms with Crippen molar-refractivity contribution in [2.75, 3.05) is 13.9 Å². The second-order valence-electron chi connectivity index (χ2n) is 3.93. The summed E-state index contributed by atoms with van der Waals surface area (Å²) in [6.07, 6.45) is 2.59. The van der Waals surface area contributed by atoms with Crippen molar-refractivity contribution in [3.05, 3.63) is 28.2 Å². The molecule has 1 aliphatic carbocycles. The lowest BCUT2D eigenvalue weighted by Gasteiger charge is -2.13. The predicted molar refractivity (Wildman–Crippen MR) is 66.5 cm³/mol. The summed E-state index contributed by atoms with van der Waals surface area (Å²) in [6, 6.07) is 6.78. The first-order valence-electron chi connectivity index (χ1n) is 5.44. The van der Waals surface area contributed by atoms with Crippen LogP contribution in [-0.2, 0) is 11.3 Å². The third kappa shape index (κ3) is 3.20. The Bertz CT molecular complexity index is 353. The lowest BCUT2D eigenvalue weighted by Crippen LogP contribution is -2.16. The molecule has 1 fully saturated rings. The number of rotatable bonds is 6. The van der Waals surface area contributed by atoms with Gasteiger partial charge in [0.2, 0.25) is 0 Å². The summed E-state index contributed by atoms with van der Waals surface area (Å²) < 4.78 is 11.5. The first-order valence-corrected chi connectivity index (χ1v) is 6.23. The van der Waals surface area contributed by atoms with E-state index in [0.29, 0.717) is 6.04 Å². The van der Waals surface area contributed by atoms with Crippen molar-refractivity contribution >= 4 is 15.9 Å². The fourth-order valence-electron chi connectivity index (χ4n) is 1.51. The summed E-state index contributed by atoms with van der Waals surface area (Å²) in [5.74, 6) is 0.873. The molecule has 4 heteroatoms. The second-order valence-corrected chi connectivity index (χ2v) is 4.79. The highest BCUT2D eigenvalue weighted by Gasteiger charge is 2.20. The predicted octanol–water partition coefficient (Wildman–Crippen LogP) is 2.68. The van der Waals surface area contributed by atoms with Gasteiger partial charge in [-0.3, -0.25) is 0 Å². The minimum Gasteiger partial charge on any atom is -0.466 e. The maximum atomic E-state index is 5.56. The molecule has 0 spiro atoms. The Kier molecular flexibility index (Phi) is 4.21. The van der Waals surface area contributed by atoms with Gasteiger partial charge in [0.15, 0.2) is 6.79 Å². The molecule has 16 heavy (non-hydrogen) atoms. The molecule has 1 saturated carbocycles. The number of benzene rings is 1. The van der Waals surface area contributed by atoms with E-state index in [1.165, 1.54) is 18.4 Å². The first kappa shape index (κ1) is 11.9. The molecule has 1 aromatic carbocycles. The smallest absolute Gasteiger partial charge is 0.188 e. The third-order valence-electron chi connectivity index (χ3n) is 2.53. The Morgan fingerprint density at radius 2 is 2.25 bits per heavy atom. The maximum absolute atomic E-state index is 5.56. The van der Waals surface area contributed by atoms with Gasteiger partial charge < -0.3 is 14.8 Å². The fraction of sp³-hybridized carbons (Fsp3) is 0.500. The molecule has 0 unspecified atom stereocenters. The highest BCUT2D eigenvalue weighted by Crippen LogP contribution is 2.30. The lowest BCUT2D eigenvalue weighted by molar-refractivity contribution is 0.0498. The van der Waals surface area contributed by atoms with E-state index in [4.69, 9.17) is 9.47 Å². The molecule has 0 bridgehead atoms. The largest absolute Gasteiger partial charge is 0.466 e. The highest BCUT2D eigenvalue weighted by atomic mass is 79.9. The molecule has 0 saturated heterocycles. The molecule has 0 amide bonds. The van der Waals surface area contributed by atoms with Gasteiger partial charge in [0.25, 0.3) is 0 Å². The number of para-hydroxylation sites is 1. The molecule has 1 aliphatic rings. The Hall–Kier alpha value is -0.580. The molecule has 0 aromatic heterocycles. The number of ether oxygens (including phenoxy) is 2. The van der Waals surface area contributed by atoms with Crippen LogP contribution in [0.2, 0.25) is 0 Å². The van der Waals surface area contributed by atoms with Gasteiger partial charge in [-0.2, -0.15) is 0 Å².